The lowest BCUT2D eigenvalue weighted by Crippen LogP contribution is -2.10. The third kappa shape index (κ3) is 5.98. The third-order valence-corrected chi connectivity index (χ3v) is 10.3. The van der Waals surface area contributed by atoms with Crippen molar-refractivity contribution < 1.29 is 32.9 Å². The first-order valence-corrected chi connectivity index (χ1v) is 19.0. The molecule has 0 aliphatic rings. The molecule has 0 fully saturated rings. The zero-order valence-electron chi connectivity index (χ0n) is 55.7. The van der Waals surface area contributed by atoms with Gasteiger partial charge in [-0.3, -0.25) is 9.13 Å². The molecule has 9 aromatic carbocycles. The minimum Gasteiger partial charge on any atom is -0.278 e. The summed E-state index contributed by atoms with van der Waals surface area (Å²) in [6.07, 6.45) is 0. The Kier molecular flexibility index (Phi) is 4.48. The van der Waals surface area contributed by atoms with Crippen LogP contribution in [-0.4, -0.2) is 24.1 Å². The van der Waals surface area contributed by atoms with Crippen molar-refractivity contribution in [1.82, 2.24) is 24.1 Å². The van der Waals surface area contributed by atoms with E-state index in [1.807, 2.05) is 54.6 Å². The van der Waals surface area contributed by atoms with Gasteiger partial charge in [0.1, 0.15) is 0 Å². The molecule has 3 heterocycles. The summed E-state index contributed by atoms with van der Waals surface area (Å²) in [6, 6.07) is 3.69. The molecule has 5 heteroatoms. The van der Waals surface area contributed by atoms with E-state index in [4.69, 9.17) is 36.9 Å². The first-order chi connectivity index (χ1) is 40.7. The van der Waals surface area contributed by atoms with Crippen LogP contribution in [0.4, 0.5) is 0 Å². The molecule has 0 saturated heterocycles. The molecule has 62 heavy (non-hydrogen) atoms. The first-order valence-electron chi connectivity index (χ1n) is 31.0. The molecule has 0 saturated carbocycles. The Morgan fingerprint density at radius 3 is 1.26 bits per heavy atom. The van der Waals surface area contributed by atoms with Crippen molar-refractivity contribution in [3.05, 3.63) is 224 Å². The van der Waals surface area contributed by atoms with Crippen LogP contribution in [0.1, 0.15) is 32.9 Å². The number of benzene rings is 9. The molecule has 0 bridgehead atoms. The Balaban J connectivity index is 1.30. The minimum atomic E-state index is -0.910. The normalized spacial score (nSPS) is 17.0. The van der Waals surface area contributed by atoms with Crippen LogP contribution in [0.5, 0.6) is 0 Å². The standard InChI is InChI=1S/C57H37N5/c1-4-16-38(17-5-1)43-32-34-49-50-35-33-44(39-18-6-2-7-19-39)37-54(50)62(53(49)36-43)57-59-55(58-56(60-57)61-51-26-14-12-24-47(51)48-25-13-15-27-52(48)61)42-30-28-41(29-31-42)46-23-11-10-22-45(46)40-20-8-3-9-21-40/h1-37H/i1D,2D,4D,5D,6D,7D,12D,13D,14D,15D,16D,17D,18D,19D,24D,25D,26D,27D,32D,33D,34D,35D,36D,37D. The van der Waals surface area contributed by atoms with Gasteiger partial charge in [-0.1, -0.05) is 200 Å². The second-order valence-corrected chi connectivity index (χ2v) is 13.8. The molecule has 0 unspecified atom stereocenters. The lowest BCUT2D eigenvalue weighted by atomic mass is 9.94. The zero-order valence-corrected chi connectivity index (χ0v) is 31.7. The second-order valence-electron chi connectivity index (χ2n) is 13.8. The summed E-state index contributed by atoms with van der Waals surface area (Å²) in [4.78, 5) is 14.6. The number of fused-ring (bicyclic) bond motifs is 6. The predicted octanol–water partition coefficient (Wildman–Crippen LogP) is 14.4. The van der Waals surface area contributed by atoms with E-state index in [2.05, 4.69) is 0 Å². The number of nitrogens with zero attached hydrogens (tertiary/aromatic N) is 5. The maximum Gasteiger partial charge on any atom is 0.240 e. The van der Waals surface area contributed by atoms with E-state index >= 15 is 0 Å². The van der Waals surface area contributed by atoms with E-state index < -0.39 is 212 Å². The van der Waals surface area contributed by atoms with Gasteiger partial charge in [-0.25, -0.2) is 0 Å². The average molecular weight is 816 g/mol. The van der Waals surface area contributed by atoms with Gasteiger partial charge in [0.15, 0.2) is 5.82 Å². The van der Waals surface area contributed by atoms with Crippen molar-refractivity contribution in [3.8, 4) is 67.8 Å². The van der Waals surface area contributed by atoms with E-state index in [1.54, 1.807) is 24.3 Å². The molecule has 12 rings (SSSR count). The summed E-state index contributed by atoms with van der Waals surface area (Å²) in [5.74, 6) is -1.68. The molecule has 0 radical (unpaired) electrons. The van der Waals surface area contributed by atoms with Crippen molar-refractivity contribution >= 4 is 43.6 Å². The Bertz CT molecular complexity index is 4760. The van der Waals surface area contributed by atoms with E-state index in [-0.39, 0.29) is 22.2 Å². The average Bonchev–Trinajstić information content (AvgIpc) is 1.53. The molecule has 290 valence electrons. The molecule has 0 N–H and O–H groups in total. The largest absolute Gasteiger partial charge is 0.278 e. The monoisotopic (exact) mass is 815 g/mol. The fourth-order valence-corrected chi connectivity index (χ4v) is 7.51. The topological polar surface area (TPSA) is 48.5 Å². The fraction of sp³-hybridized carbons (Fsp3) is 0. The van der Waals surface area contributed by atoms with Crippen molar-refractivity contribution in [2.45, 2.75) is 0 Å². The SMILES string of the molecule is [2H]c1c([2H])c([2H])c(-c2c([2H])c([2H])c3c4c([2H])c([2H])c(-c5c([2H])c([2H])c([2H])c([2H])c5[2H])c([2H])c4n(-c4nc(-c5ccc(-c6ccccc6-c6ccccc6)cc5)nc(-n5c6c([2H])c([2H])c([2H])c([2H])c6c6c([2H])c([2H])c([2H])c([2H])c65)n4)c3c2[2H])c([2H])c1[2H]. The molecular weight excluding hydrogens is 755 g/mol. The van der Waals surface area contributed by atoms with Crippen molar-refractivity contribution in [2.75, 3.05) is 0 Å². The van der Waals surface area contributed by atoms with Gasteiger partial charge in [-0.15, -0.1) is 0 Å². The number of hydrogen-bond donors (Lipinski definition) is 0. The van der Waals surface area contributed by atoms with Crippen LogP contribution in [0, 0.1) is 0 Å². The highest BCUT2D eigenvalue weighted by Gasteiger charge is 2.22. The molecule has 0 atom stereocenters. The summed E-state index contributed by atoms with van der Waals surface area (Å²) in [7, 11) is 0. The van der Waals surface area contributed by atoms with Crippen LogP contribution in [-0.2, 0) is 0 Å². The van der Waals surface area contributed by atoms with Gasteiger partial charge in [-0.2, -0.15) is 15.0 Å². The Morgan fingerprint density at radius 2 is 0.726 bits per heavy atom. The number of rotatable bonds is 7. The minimum absolute atomic E-state index is 0.169. The van der Waals surface area contributed by atoms with Gasteiger partial charge in [0.2, 0.25) is 11.9 Å². The third-order valence-electron chi connectivity index (χ3n) is 10.3. The van der Waals surface area contributed by atoms with Crippen LogP contribution in [0.2, 0.25) is 0 Å². The summed E-state index contributed by atoms with van der Waals surface area (Å²) in [6.45, 7) is 0. The maximum absolute atomic E-state index is 10.1. The van der Waals surface area contributed by atoms with Crippen molar-refractivity contribution in [2.24, 2.45) is 0 Å². The number of hydrogen-bond acceptors (Lipinski definition) is 3. The molecule has 0 aliphatic heterocycles. The molecular formula is C57H37N5. The van der Waals surface area contributed by atoms with Gasteiger partial charge in [0, 0.05) is 27.1 Å². The predicted molar refractivity (Wildman–Crippen MR) is 256 cm³/mol. The lowest BCUT2D eigenvalue weighted by molar-refractivity contribution is 0.893. The fourth-order valence-electron chi connectivity index (χ4n) is 7.51. The highest BCUT2D eigenvalue weighted by Crippen LogP contribution is 2.39. The molecule has 12 aromatic rings. The van der Waals surface area contributed by atoms with Gasteiger partial charge < -0.3 is 0 Å². The van der Waals surface area contributed by atoms with E-state index in [0.29, 0.717) is 5.56 Å². The zero-order chi connectivity index (χ0) is 61.9. The van der Waals surface area contributed by atoms with Crippen LogP contribution < -0.4 is 0 Å². The Labute approximate surface area is 392 Å². The summed E-state index contributed by atoms with van der Waals surface area (Å²) >= 11 is 0. The van der Waals surface area contributed by atoms with Crippen molar-refractivity contribution in [3.63, 3.8) is 0 Å². The van der Waals surface area contributed by atoms with Crippen LogP contribution >= 0.6 is 0 Å². The van der Waals surface area contributed by atoms with Gasteiger partial charge in [-0.05, 0) is 68.7 Å². The Morgan fingerprint density at radius 1 is 0.306 bits per heavy atom. The van der Waals surface area contributed by atoms with Crippen LogP contribution in [0.15, 0.2) is 224 Å². The lowest BCUT2D eigenvalue weighted by Gasteiger charge is -2.14. The summed E-state index contributed by atoms with van der Waals surface area (Å²) in [5.41, 5.74) is -1.56. The van der Waals surface area contributed by atoms with Crippen molar-refractivity contribution in [1.29, 1.82) is 0 Å². The molecule has 0 aliphatic carbocycles. The van der Waals surface area contributed by atoms with Gasteiger partial charge >= 0.3 is 0 Å². The molecule has 5 nitrogen and oxygen atoms in total. The highest BCUT2D eigenvalue weighted by atomic mass is 15.3. The Hall–Kier alpha value is -8.41. The number of aromatic nitrogens is 5. The van der Waals surface area contributed by atoms with Gasteiger partial charge in [0.25, 0.3) is 0 Å². The molecule has 0 spiro atoms. The van der Waals surface area contributed by atoms with Gasteiger partial charge in [0.05, 0.1) is 55.0 Å². The number of para-hydroxylation sites is 2. The molecule has 0 amide bonds. The van der Waals surface area contributed by atoms with Crippen LogP contribution in [0.3, 0.4) is 0 Å². The molecule has 3 aromatic heterocycles. The highest BCUT2D eigenvalue weighted by molar-refractivity contribution is 6.11. The smallest absolute Gasteiger partial charge is 0.240 e. The summed E-state index contributed by atoms with van der Waals surface area (Å²) < 4.78 is 219. The van der Waals surface area contributed by atoms with E-state index in [1.165, 1.54) is 0 Å². The van der Waals surface area contributed by atoms with Crippen LogP contribution in [0.25, 0.3) is 111 Å². The van der Waals surface area contributed by atoms with E-state index in [0.717, 1.165) is 25.8 Å². The summed E-state index contributed by atoms with van der Waals surface area (Å²) in [5, 5.41) is -1.82. The first kappa shape index (κ1) is 18.9. The quantitative estimate of drug-likeness (QED) is 0.161. The maximum atomic E-state index is 10.1. The second kappa shape index (κ2) is 14.7. The van der Waals surface area contributed by atoms with E-state index in [9.17, 15) is 11.0 Å².